The molecule has 0 radical (unpaired) electrons. The Morgan fingerprint density at radius 3 is 2.74 bits per heavy atom. The van der Waals surface area contributed by atoms with Gasteiger partial charge in [0.05, 0.1) is 6.54 Å². The molecule has 4 rings (SSSR count). The molecule has 3 aliphatic rings. The molecule has 0 aromatic heterocycles. The molecule has 1 aliphatic carbocycles. The standard InChI is InChI=1S/C19H25BN4O7/c1-19(22,18(28)23-5-14(21)25)8-24-6-9(7-24)30-13-3-2-10-11-4-12(11)20(29)31-16(10)15(13)17(26)27/h2-3,9,11-12,29H,4-8,22H2,1H3,(H2,21,25)(H,23,28)(H,26,27)/t11-,12-,19+/m0/s1. The molecule has 1 saturated carbocycles. The van der Waals surface area contributed by atoms with E-state index >= 15 is 0 Å². The molecule has 31 heavy (non-hydrogen) atoms. The quantitative estimate of drug-likeness (QED) is 0.306. The first-order chi connectivity index (χ1) is 14.6. The molecule has 1 aromatic carbocycles. The maximum absolute atomic E-state index is 12.1. The molecular weight excluding hydrogens is 407 g/mol. The van der Waals surface area contributed by atoms with Gasteiger partial charge in [0, 0.05) is 25.5 Å². The van der Waals surface area contributed by atoms with Gasteiger partial charge in [-0.3, -0.25) is 14.5 Å². The fourth-order valence-electron chi connectivity index (χ4n) is 4.21. The maximum atomic E-state index is 12.1. The smallest absolute Gasteiger partial charge is 0.526 e. The molecule has 7 N–H and O–H groups in total. The van der Waals surface area contributed by atoms with Crippen molar-refractivity contribution in [1.29, 1.82) is 0 Å². The molecule has 1 saturated heterocycles. The van der Waals surface area contributed by atoms with Crippen LogP contribution in [0.15, 0.2) is 12.1 Å². The van der Waals surface area contributed by atoms with Crippen LogP contribution < -0.4 is 26.2 Å². The predicted molar refractivity (Wildman–Crippen MR) is 109 cm³/mol. The van der Waals surface area contributed by atoms with Crippen molar-refractivity contribution in [2.45, 2.75) is 36.7 Å². The Morgan fingerprint density at radius 2 is 2.10 bits per heavy atom. The number of carboxylic acid groups (broad SMARTS) is 1. The number of nitrogens with two attached hydrogens (primary N) is 2. The Bertz CT molecular complexity index is 934. The lowest BCUT2D eigenvalue weighted by atomic mass is 9.77. The number of fused-ring (bicyclic) bond motifs is 3. The van der Waals surface area contributed by atoms with Crippen molar-refractivity contribution in [3.63, 3.8) is 0 Å². The van der Waals surface area contributed by atoms with E-state index in [4.69, 9.17) is 20.9 Å². The molecule has 11 nitrogen and oxygen atoms in total. The van der Waals surface area contributed by atoms with Crippen LogP contribution in [0.4, 0.5) is 0 Å². The number of ether oxygens (including phenoxy) is 1. The number of benzene rings is 1. The van der Waals surface area contributed by atoms with E-state index in [0.29, 0.717) is 13.1 Å². The fraction of sp³-hybridized carbons (Fsp3) is 0.526. The van der Waals surface area contributed by atoms with E-state index < -0.39 is 30.4 Å². The Labute approximate surface area is 178 Å². The minimum absolute atomic E-state index is 0.0202. The predicted octanol–water partition coefficient (Wildman–Crippen LogP) is -1.50. The highest BCUT2D eigenvalue weighted by Crippen LogP contribution is 2.60. The van der Waals surface area contributed by atoms with Crippen LogP contribution in [0, 0.1) is 0 Å². The Kier molecular flexibility index (Phi) is 5.32. The summed E-state index contributed by atoms with van der Waals surface area (Å²) in [4.78, 5) is 36.7. The highest BCUT2D eigenvalue weighted by atomic mass is 16.5. The summed E-state index contributed by atoms with van der Waals surface area (Å²) in [5.74, 6) is -1.85. The number of likely N-dealkylation sites (tertiary alicyclic amines) is 1. The second-order valence-corrected chi connectivity index (χ2v) is 8.68. The minimum Gasteiger partial charge on any atom is -0.535 e. The van der Waals surface area contributed by atoms with E-state index in [2.05, 4.69) is 5.32 Å². The number of hydrogen-bond acceptors (Lipinski definition) is 8. The number of amides is 2. The van der Waals surface area contributed by atoms with Gasteiger partial charge in [0.1, 0.15) is 28.7 Å². The average molecular weight is 432 g/mol. The summed E-state index contributed by atoms with van der Waals surface area (Å²) < 4.78 is 11.4. The number of nitrogens with zero attached hydrogens (tertiary/aromatic N) is 1. The number of primary amides is 1. The zero-order valence-electron chi connectivity index (χ0n) is 17.0. The molecule has 2 amide bonds. The lowest BCUT2D eigenvalue weighted by Crippen LogP contribution is -2.64. The summed E-state index contributed by atoms with van der Waals surface area (Å²) in [7, 11) is -1.01. The van der Waals surface area contributed by atoms with E-state index in [-0.39, 0.29) is 48.0 Å². The van der Waals surface area contributed by atoms with E-state index in [1.807, 2.05) is 4.90 Å². The third kappa shape index (κ3) is 4.18. The van der Waals surface area contributed by atoms with Crippen molar-refractivity contribution in [2.75, 3.05) is 26.2 Å². The van der Waals surface area contributed by atoms with E-state index in [9.17, 15) is 24.5 Å². The van der Waals surface area contributed by atoms with Crippen molar-refractivity contribution in [2.24, 2.45) is 11.5 Å². The molecule has 166 valence electrons. The van der Waals surface area contributed by atoms with Crippen LogP contribution in [0.3, 0.4) is 0 Å². The van der Waals surface area contributed by atoms with Gasteiger partial charge in [0.2, 0.25) is 11.8 Å². The number of carbonyl (C=O) groups is 3. The number of carboxylic acids is 1. The number of rotatable bonds is 8. The van der Waals surface area contributed by atoms with Gasteiger partial charge in [-0.2, -0.15) is 0 Å². The molecule has 0 bridgehead atoms. The van der Waals surface area contributed by atoms with Gasteiger partial charge in [0.25, 0.3) is 0 Å². The summed E-state index contributed by atoms with van der Waals surface area (Å²) in [5, 5.41) is 22.1. The van der Waals surface area contributed by atoms with Gasteiger partial charge in [0.15, 0.2) is 0 Å². The first-order valence-electron chi connectivity index (χ1n) is 10.1. The second-order valence-electron chi connectivity index (χ2n) is 8.68. The van der Waals surface area contributed by atoms with Crippen LogP contribution >= 0.6 is 0 Å². The first kappa shape index (κ1) is 21.4. The van der Waals surface area contributed by atoms with E-state index in [1.54, 1.807) is 19.1 Å². The summed E-state index contributed by atoms with van der Waals surface area (Å²) in [6.45, 7) is 2.38. The Balaban J connectivity index is 1.38. The zero-order chi connectivity index (χ0) is 22.5. The maximum Gasteiger partial charge on any atom is 0.526 e. The van der Waals surface area contributed by atoms with Crippen molar-refractivity contribution < 1.29 is 33.9 Å². The van der Waals surface area contributed by atoms with Gasteiger partial charge >= 0.3 is 13.1 Å². The Morgan fingerprint density at radius 1 is 1.39 bits per heavy atom. The number of nitrogens with one attached hydrogen (secondary N) is 1. The average Bonchev–Trinajstić information content (AvgIpc) is 3.45. The molecular formula is C19H25BN4O7. The van der Waals surface area contributed by atoms with Crippen LogP contribution in [0.25, 0.3) is 0 Å². The second kappa shape index (κ2) is 7.70. The highest BCUT2D eigenvalue weighted by molar-refractivity contribution is 6.48. The van der Waals surface area contributed by atoms with E-state index in [1.165, 1.54) is 0 Å². The number of hydrogen-bond donors (Lipinski definition) is 5. The van der Waals surface area contributed by atoms with Crippen LogP contribution in [0.2, 0.25) is 5.82 Å². The van der Waals surface area contributed by atoms with Gasteiger partial charge < -0.3 is 36.3 Å². The number of aromatic carboxylic acids is 1. The monoisotopic (exact) mass is 432 g/mol. The topological polar surface area (TPSA) is 177 Å². The lowest BCUT2D eigenvalue weighted by molar-refractivity contribution is -0.129. The summed E-state index contributed by atoms with van der Waals surface area (Å²) in [6.07, 6.45) is 0.485. The van der Waals surface area contributed by atoms with Gasteiger partial charge in [-0.25, -0.2) is 4.79 Å². The van der Waals surface area contributed by atoms with Crippen molar-refractivity contribution in [3.8, 4) is 11.5 Å². The molecule has 0 spiro atoms. The van der Waals surface area contributed by atoms with Crippen LogP contribution in [-0.2, 0) is 9.59 Å². The van der Waals surface area contributed by atoms with Crippen LogP contribution in [0.1, 0.15) is 35.2 Å². The minimum atomic E-state index is -1.23. The van der Waals surface area contributed by atoms with Gasteiger partial charge in [-0.1, -0.05) is 6.07 Å². The molecule has 3 atom stereocenters. The highest BCUT2D eigenvalue weighted by Gasteiger charge is 2.54. The first-order valence-corrected chi connectivity index (χ1v) is 10.1. The normalized spacial score (nSPS) is 24.0. The molecule has 12 heteroatoms. The zero-order valence-corrected chi connectivity index (χ0v) is 17.0. The third-order valence-corrected chi connectivity index (χ3v) is 5.92. The van der Waals surface area contributed by atoms with Gasteiger partial charge in [-0.15, -0.1) is 0 Å². The Hall–Kier alpha value is -2.83. The van der Waals surface area contributed by atoms with E-state index in [0.717, 1.165) is 12.0 Å². The van der Waals surface area contributed by atoms with Crippen LogP contribution in [-0.4, -0.2) is 77.8 Å². The third-order valence-electron chi connectivity index (χ3n) is 5.92. The molecule has 1 aromatic rings. The molecule has 0 unspecified atom stereocenters. The lowest BCUT2D eigenvalue weighted by Gasteiger charge is -2.42. The number of carbonyl (C=O) groups excluding carboxylic acids is 2. The van der Waals surface area contributed by atoms with Crippen molar-refractivity contribution in [3.05, 3.63) is 23.3 Å². The molecule has 2 fully saturated rings. The summed E-state index contributed by atoms with van der Waals surface area (Å²) in [5.41, 5.74) is 10.5. The fourth-order valence-corrected chi connectivity index (χ4v) is 4.21. The largest absolute Gasteiger partial charge is 0.535 e. The van der Waals surface area contributed by atoms with Crippen LogP contribution in [0.5, 0.6) is 11.5 Å². The summed E-state index contributed by atoms with van der Waals surface area (Å²) >= 11 is 0. The summed E-state index contributed by atoms with van der Waals surface area (Å²) in [6, 6.07) is 3.43. The van der Waals surface area contributed by atoms with Gasteiger partial charge in [-0.05, 0) is 30.9 Å². The SMILES string of the molecule is C[C@@](N)(CN1CC(Oc2ccc3c(c2C(=O)O)OB(O)[C@H]2C[C@@H]32)C1)C(=O)NCC(N)=O. The molecule has 2 heterocycles. The van der Waals surface area contributed by atoms with Crippen molar-refractivity contribution in [1.82, 2.24) is 10.2 Å². The molecule has 2 aliphatic heterocycles. The van der Waals surface area contributed by atoms with Crippen molar-refractivity contribution >= 4 is 24.9 Å².